The van der Waals surface area contributed by atoms with Gasteiger partial charge in [-0.25, -0.2) is 13.2 Å². The van der Waals surface area contributed by atoms with Gasteiger partial charge >= 0.3 is 5.97 Å². The fraction of sp³-hybridized carbons (Fsp3) is 0. The first-order valence-corrected chi connectivity index (χ1v) is 7.98. The van der Waals surface area contributed by atoms with Crippen LogP contribution in [0.3, 0.4) is 0 Å². The highest BCUT2D eigenvalue weighted by atomic mass is 79.9. The molecule has 0 unspecified atom stereocenters. The van der Waals surface area contributed by atoms with Gasteiger partial charge < -0.3 is 10.8 Å². The molecule has 0 aromatic heterocycles. The zero-order chi connectivity index (χ0) is 15.6. The van der Waals surface area contributed by atoms with Crippen molar-refractivity contribution in [2.45, 2.75) is 4.90 Å². The number of hydrogen-bond donors (Lipinski definition) is 3. The first-order valence-electron chi connectivity index (χ1n) is 5.71. The monoisotopic (exact) mass is 370 g/mol. The minimum Gasteiger partial charge on any atom is -0.478 e. The SMILES string of the molecule is Nc1ccc(C(=O)O)c(S(=O)(=O)Nc2ccc(Br)cc2)c1. The molecule has 110 valence electrons. The van der Waals surface area contributed by atoms with Crippen molar-refractivity contribution in [3.8, 4) is 0 Å². The van der Waals surface area contributed by atoms with E-state index in [0.717, 1.165) is 16.6 Å². The van der Waals surface area contributed by atoms with Crippen molar-refractivity contribution in [1.82, 2.24) is 0 Å². The molecule has 2 aromatic carbocycles. The van der Waals surface area contributed by atoms with Crippen molar-refractivity contribution in [1.29, 1.82) is 0 Å². The minimum absolute atomic E-state index is 0.163. The van der Waals surface area contributed by atoms with E-state index in [1.165, 1.54) is 6.07 Å². The summed E-state index contributed by atoms with van der Waals surface area (Å²) in [5, 5.41) is 9.08. The summed E-state index contributed by atoms with van der Waals surface area (Å²) in [6.45, 7) is 0. The molecule has 0 saturated carbocycles. The molecule has 8 heteroatoms. The van der Waals surface area contributed by atoms with Crippen molar-refractivity contribution in [3.05, 3.63) is 52.5 Å². The van der Waals surface area contributed by atoms with Crippen LogP contribution >= 0.6 is 15.9 Å². The Bertz CT molecular complexity index is 788. The Labute approximate surface area is 129 Å². The van der Waals surface area contributed by atoms with Crippen LogP contribution in [0.25, 0.3) is 0 Å². The molecule has 0 aliphatic carbocycles. The number of hydrogen-bond acceptors (Lipinski definition) is 4. The number of anilines is 2. The van der Waals surface area contributed by atoms with Crippen LogP contribution in [0.4, 0.5) is 11.4 Å². The van der Waals surface area contributed by atoms with E-state index in [9.17, 15) is 13.2 Å². The van der Waals surface area contributed by atoms with Crippen LogP contribution in [0.1, 0.15) is 10.4 Å². The van der Waals surface area contributed by atoms with E-state index in [1.54, 1.807) is 24.3 Å². The Morgan fingerprint density at radius 2 is 1.76 bits per heavy atom. The summed E-state index contributed by atoms with van der Waals surface area (Å²) in [5.74, 6) is -1.34. The van der Waals surface area contributed by atoms with Gasteiger partial charge in [0.15, 0.2) is 0 Å². The van der Waals surface area contributed by atoms with Crippen molar-refractivity contribution < 1.29 is 18.3 Å². The number of aromatic carboxylic acids is 1. The zero-order valence-electron chi connectivity index (χ0n) is 10.6. The lowest BCUT2D eigenvalue weighted by Gasteiger charge is -2.11. The molecule has 0 amide bonds. The number of rotatable bonds is 4. The Morgan fingerprint density at radius 1 is 1.14 bits per heavy atom. The molecule has 0 aliphatic heterocycles. The van der Waals surface area contributed by atoms with Crippen LogP contribution < -0.4 is 10.5 Å². The quantitative estimate of drug-likeness (QED) is 0.716. The maximum atomic E-state index is 12.3. The number of sulfonamides is 1. The van der Waals surface area contributed by atoms with Gasteiger partial charge in [-0.3, -0.25) is 4.72 Å². The van der Waals surface area contributed by atoms with Gasteiger partial charge in [-0.05, 0) is 42.5 Å². The highest BCUT2D eigenvalue weighted by Crippen LogP contribution is 2.23. The molecule has 0 heterocycles. The van der Waals surface area contributed by atoms with Gasteiger partial charge in [0, 0.05) is 15.8 Å². The largest absolute Gasteiger partial charge is 0.478 e. The van der Waals surface area contributed by atoms with E-state index in [2.05, 4.69) is 20.7 Å². The summed E-state index contributed by atoms with van der Waals surface area (Å²) in [5.41, 5.74) is 5.69. The third-order valence-corrected chi connectivity index (χ3v) is 4.57. The summed E-state index contributed by atoms with van der Waals surface area (Å²) >= 11 is 3.24. The predicted octanol–water partition coefficient (Wildman–Crippen LogP) is 2.53. The van der Waals surface area contributed by atoms with Crippen LogP contribution in [-0.4, -0.2) is 19.5 Å². The van der Waals surface area contributed by atoms with E-state index in [-0.39, 0.29) is 16.1 Å². The van der Waals surface area contributed by atoms with Gasteiger partial charge in [-0.15, -0.1) is 0 Å². The number of carboxylic acid groups (broad SMARTS) is 1. The van der Waals surface area contributed by atoms with Gasteiger partial charge in [-0.1, -0.05) is 15.9 Å². The second kappa shape index (κ2) is 5.74. The van der Waals surface area contributed by atoms with Gasteiger partial charge in [0.2, 0.25) is 0 Å². The van der Waals surface area contributed by atoms with Gasteiger partial charge in [0.05, 0.1) is 5.56 Å². The first-order chi connectivity index (χ1) is 9.79. The average molecular weight is 371 g/mol. The van der Waals surface area contributed by atoms with Crippen LogP contribution in [-0.2, 0) is 10.0 Å². The number of nitrogens with two attached hydrogens (primary N) is 1. The lowest BCUT2D eigenvalue weighted by atomic mass is 10.2. The summed E-state index contributed by atoms with van der Waals surface area (Å²) in [6, 6.07) is 10.0. The molecule has 0 fully saturated rings. The Hall–Kier alpha value is -2.06. The topological polar surface area (TPSA) is 109 Å². The minimum atomic E-state index is -4.05. The highest BCUT2D eigenvalue weighted by molar-refractivity contribution is 9.10. The van der Waals surface area contributed by atoms with Crippen molar-refractivity contribution in [2.75, 3.05) is 10.5 Å². The van der Waals surface area contributed by atoms with Gasteiger partial charge in [0.1, 0.15) is 4.90 Å². The van der Waals surface area contributed by atoms with Crippen LogP contribution in [0.15, 0.2) is 51.8 Å². The maximum absolute atomic E-state index is 12.3. The van der Waals surface area contributed by atoms with E-state index in [1.807, 2.05) is 0 Å². The molecule has 4 N–H and O–H groups in total. The molecule has 0 saturated heterocycles. The van der Waals surface area contributed by atoms with E-state index in [4.69, 9.17) is 10.8 Å². The molecule has 2 rings (SSSR count). The molecule has 21 heavy (non-hydrogen) atoms. The molecule has 0 aliphatic rings. The zero-order valence-corrected chi connectivity index (χ0v) is 13.0. The van der Waals surface area contributed by atoms with E-state index in [0.29, 0.717) is 5.69 Å². The first kappa shape index (κ1) is 15.3. The van der Waals surface area contributed by atoms with E-state index < -0.39 is 16.0 Å². The molecule has 6 nitrogen and oxygen atoms in total. The number of benzene rings is 2. The number of nitrogen functional groups attached to an aromatic ring is 1. The number of carboxylic acids is 1. The third kappa shape index (κ3) is 3.53. The van der Waals surface area contributed by atoms with Gasteiger partial charge in [-0.2, -0.15) is 0 Å². The predicted molar refractivity (Wildman–Crippen MR) is 82.8 cm³/mol. The maximum Gasteiger partial charge on any atom is 0.337 e. The Kier molecular flexibility index (Phi) is 4.19. The summed E-state index contributed by atoms with van der Waals surface area (Å²) < 4.78 is 27.8. The van der Waals surface area contributed by atoms with Crippen LogP contribution in [0.5, 0.6) is 0 Å². The van der Waals surface area contributed by atoms with E-state index >= 15 is 0 Å². The fourth-order valence-electron chi connectivity index (χ4n) is 1.67. The van der Waals surface area contributed by atoms with Crippen LogP contribution in [0.2, 0.25) is 0 Å². The molecule has 0 atom stereocenters. The molecule has 0 bridgehead atoms. The lowest BCUT2D eigenvalue weighted by molar-refractivity contribution is 0.0692. The van der Waals surface area contributed by atoms with Crippen molar-refractivity contribution >= 4 is 43.3 Å². The number of halogens is 1. The summed E-state index contributed by atoms with van der Waals surface area (Å²) in [7, 11) is -4.05. The molecule has 2 aromatic rings. The number of carbonyl (C=O) groups is 1. The molecular weight excluding hydrogens is 360 g/mol. The normalized spacial score (nSPS) is 11.1. The standard InChI is InChI=1S/C13H11BrN2O4S/c14-8-1-4-10(5-2-8)16-21(19,20)12-7-9(15)3-6-11(12)13(17)18/h1-7,16H,15H2,(H,17,18). The van der Waals surface area contributed by atoms with Crippen LogP contribution in [0, 0.1) is 0 Å². The summed E-state index contributed by atoms with van der Waals surface area (Å²) in [4.78, 5) is 10.8. The number of nitrogens with one attached hydrogen (secondary N) is 1. The van der Waals surface area contributed by atoms with Crippen molar-refractivity contribution in [3.63, 3.8) is 0 Å². The summed E-state index contributed by atoms with van der Waals surface area (Å²) in [6.07, 6.45) is 0. The molecule has 0 radical (unpaired) electrons. The average Bonchev–Trinajstić information content (AvgIpc) is 2.41. The molecule has 0 spiro atoms. The third-order valence-electron chi connectivity index (χ3n) is 2.62. The smallest absolute Gasteiger partial charge is 0.337 e. The second-order valence-corrected chi connectivity index (χ2v) is 6.74. The fourth-order valence-corrected chi connectivity index (χ4v) is 3.22. The highest BCUT2D eigenvalue weighted by Gasteiger charge is 2.22. The second-order valence-electron chi connectivity index (χ2n) is 4.17. The lowest BCUT2D eigenvalue weighted by Crippen LogP contribution is -2.17. The Morgan fingerprint density at radius 3 is 2.33 bits per heavy atom. The Balaban J connectivity index is 2.46. The van der Waals surface area contributed by atoms with Crippen molar-refractivity contribution in [2.24, 2.45) is 0 Å². The molecular formula is C13H11BrN2O4S. The van der Waals surface area contributed by atoms with Gasteiger partial charge in [0.25, 0.3) is 10.0 Å².